The predicted molar refractivity (Wildman–Crippen MR) is 79.4 cm³/mol. The van der Waals surface area contributed by atoms with E-state index in [4.69, 9.17) is 4.74 Å². The summed E-state index contributed by atoms with van der Waals surface area (Å²) in [6.07, 6.45) is 2.81. The van der Waals surface area contributed by atoms with Crippen LogP contribution in [0.1, 0.15) is 11.1 Å². The Morgan fingerprint density at radius 2 is 1.95 bits per heavy atom. The lowest BCUT2D eigenvalue weighted by Crippen LogP contribution is -2.00. The Balaban J connectivity index is 1.88. The molecule has 0 amide bonds. The lowest BCUT2D eigenvalue weighted by Gasteiger charge is -2.02. The minimum atomic E-state index is -0.461. The van der Waals surface area contributed by atoms with E-state index in [1.54, 1.807) is 12.1 Å². The molecule has 0 saturated carbocycles. The van der Waals surface area contributed by atoms with Crippen molar-refractivity contribution in [3.63, 3.8) is 0 Å². The van der Waals surface area contributed by atoms with E-state index in [1.165, 1.54) is 24.3 Å². The average molecular weight is 335 g/mol. The Hall–Kier alpha value is -1.94. The number of hydrogen-bond acceptors (Lipinski definition) is 2. The highest BCUT2D eigenvalue weighted by molar-refractivity contribution is 9.10. The van der Waals surface area contributed by atoms with Crippen LogP contribution in [0.3, 0.4) is 0 Å². The van der Waals surface area contributed by atoms with E-state index in [2.05, 4.69) is 15.9 Å². The molecule has 0 N–H and O–H groups in total. The lowest BCUT2D eigenvalue weighted by atomic mass is 10.2. The molecule has 0 saturated heterocycles. The van der Waals surface area contributed by atoms with Crippen molar-refractivity contribution in [2.45, 2.75) is 6.61 Å². The number of carbonyl (C=O) groups is 1. The molecule has 2 rings (SSSR count). The second kappa shape index (κ2) is 7.01. The minimum absolute atomic E-state index is 0.208. The van der Waals surface area contributed by atoms with E-state index in [0.717, 1.165) is 10.0 Å². The summed E-state index contributed by atoms with van der Waals surface area (Å²) in [6.45, 7) is 0.208. The van der Waals surface area contributed by atoms with Gasteiger partial charge in [-0.3, -0.25) is 0 Å². The second-order valence-corrected chi connectivity index (χ2v) is 5.04. The summed E-state index contributed by atoms with van der Waals surface area (Å²) in [4.78, 5) is 11.5. The van der Waals surface area contributed by atoms with Crippen LogP contribution in [-0.2, 0) is 16.1 Å². The summed E-state index contributed by atoms with van der Waals surface area (Å²) in [5, 5.41) is 0. The van der Waals surface area contributed by atoms with Crippen molar-refractivity contribution in [2.24, 2.45) is 0 Å². The van der Waals surface area contributed by atoms with Crippen LogP contribution in [0.5, 0.6) is 0 Å². The van der Waals surface area contributed by atoms with Crippen molar-refractivity contribution in [1.82, 2.24) is 0 Å². The quantitative estimate of drug-likeness (QED) is 0.614. The van der Waals surface area contributed by atoms with Crippen LogP contribution in [0.2, 0.25) is 0 Å². The number of rotatable bonds is 4. The Labute approximate surface area is 125 Å². The molecule has 102 valence electrons. The first-order valence-electron chi connectivity index (χ1n) is 5.98. The molecular weight excluding hydrogens is 323 g/mol. The Morgan fingerprint density at radius 3 is 2.65 bits per heavy atom. The van der Waals surface area contributed by atoms with E-state index in [1.807, 2.05) is 24.3 Å². The maximum Gasteiger partial charge on any atom is 0.331 e. The molecular formula is C16H12BrFO2. The number of halogens is 2. The number of esters is 1. The Bertz CT molecular complexity index is 621. The number of hydrogen-bond donors (Lipinski definition) is 0. The lowest BCUT2D eigenvalue weighted by molar-refractivity contribution is -0.138. The molecule has 0 spiro atoms. The average Bonchev–Trinajstić information content (AvgIpc) is 2.45. The normalized spacial score (nSPS) is 10.7. The molecule has 0 unspecified atom stereocenters. The summed E-state index contributed by atoms with van der Waals surface area (Å²) in [7, 11) is 0. The van der Waals surface area contributed by atoms with Crippen molar-refractivity contribution in [3.05, 3.63) is 76.0 Å². The van der Waals surface area contributed by atoms with Gasteiger partial charge in [0.25, 0.3) is 0 Å². The van der Waals surface area contributed by atoms with Gasteiger partial charge in [-0.2, -0.15) is 0 Å². The zero-order valence-electron chi connectivity index (χ0n) is 10.6. The largest absolute Gasteiger partial charge is 0.458 e. The van der Waals surface area contributed by atoms with Crippen molar-refractivity contribution < 1.29 is 13.9 Å². The summed E-state index contributed by atoms with van der Waals surface area (Å²) in [5.74, 6) is -0.799. The van der Waals surface area contributed by atoms with Crippen LogP contribution in [0.15, 0.2) is 59.1 Å². The fraction of sp³-hybridized carbons (Fsp3) is 0.0625. The molecule has 0 aliphatic heterocycles. The highest BCUT2D eigenvalue weighted by atomic mass is 79.9. The third-order valence-corrected chi connectivity index (χ3v) is 3.08. The molecule has 0 bridgehead atoms. The summed E-state index contributed by atoms with van der Waals surface area (Å²) in [6, 6.07) is 13.5. The molecule has 0 atom stereocenters. The molecule has 4 heteroatoms. The molecule has 0 heterocycles. The van der Waals surface area contributed by atoms with Gasteiger partial charge in [-0.15, -0.1) is 0 Å². The third-order valence-electron chi connectivity index (χ3n) is 2.55. The molecule has 0 aliphatic carbocycles. The van der Waals surface area contributed by atoms with Gasteiger partial charge in [-0.05, 0) is 41.5 Å². The van der Waals surface area contributed by atoms with Crippen LogP contribution >= 0.6 is 15.9 Å². The van der Waals surface area contributed by atoms with Crippen LogP contribution < -0.4 is 0 Å². The molecule has 20 heavy (non-hydrogen) atoms. The molecule has 2 nitrogen and oxygen atoms in total. The van der Waals surface area contributed by atoms with Crippen LogP contribution in [0.25, 0.3) is 6.08 Å². The van der Waals surface area contributed by atoms with Gasteiger partial charge in [0.2, 0.25) is 0 Å². The van der Waals surface area contributed by atoms with Crippen LogP contribution in [0, 0.1) is 5.82 Å². The summed E-state index contributed by atoms with van der Waals surface area (Å²) < 4.78 is 19.0. The molecule has 2 aromatic carbocycles. The first kappa shape index (κ1) is 14.5. The SMILES string of the molecule is O=C(C=Cc1cccc(F)c1)OCc1ccc(Br)cc1. The van der Waals surface area contributed by atoms with E-state index in [-0.39, 0.29) is 12.4 Å². The first-order chi connectivity index (χ1) is 9.63. The molecule has 0 aromatic heterocycles. The molecule has 0 radical (unpaired) electrons. The fourth-order valence-electron chi connectivity index (χ4n) is 1.56. The van der Waals surface area contributed by atoms with Crippen LogP contribution in [0.4, 0.5) is 4.39 Å². The second-order valence-electron chi connectivity index (χ2n) is 4.12. The summed E-state index contributed by atoms with van der Waals surface area (Å²) in [5.41, 5.74) is 1.52. The van der Waals surface area contributed by atoms with Crippen LogP contribution in [-0.4, -0.2) is 5.97 Å². The topological polar surface area (TPSA) is 26.3 Å². The highest BCUT2D eigenvalue weighted by Crippen LogP contribution is 2.11. The van der Waals surface area contributed by atoms with Gasteiger partial charge >= 0.3 is 5.97 Å². The highest BCUT2D eigenvalue weighted by Gasteiger charge is 1.99. The van der Waals surface area contributed by atoms with Gasteiger partial charge in [-0.1, -0.05) is 40.2 Å². The van der Waals surface area contributed by atoms with E-state index >= 15 is 0 Å². The molecule has 2 aromatic rings. The van der Waals surface area contributed by atoms with Crippen molar-refractivity contribution in [1.29, 1.82) is 0 Å². The monoisotopic (exact) mass is 334 g/mol. The number of benzene rings is 2. The minimum Gasteiger partial charge on any atom is -0.458 e. The van der Waals surface area contributed by atoms with E-state index in [0.29, 0.717) is 5.56 Å². The standard InChI is InChI=1S/C16H12BrFO2/c17-14-7-4-13(5-8-14)11-20-16(19)9-6-12-2-1-3-15(18)10-12/h1-10H,11H2. The zero-order valence-corrected chi connectivity index (χ0v) is 12.1. The van der Waals surface area contributed by atoms with Gasteiger partial charge in [0.15, 0.2) is 0 Å². The number of ether oxygens (including phenoxy) is 1. The van der Waals surface area contributed by atoms with Gasteiger partial charge in [-0.25, -0.2) is 9.18 Å². The van der Waals surface area contributed by atoms with Crippen molar-refractivity contribution in [2.75, 3.05) is 0 Å². The smallest absolute Gasteiger partial charge is 0.331 e. The van der Waals surface area contributed by atoms with E-state index in [9.17, 15) is 9.18 Å². The Morgan fingerprint density at radius 1 is 1.20 bits per heavy atom. The molecule has 0 fully saturated rings. The molecule has 0 aliphatic rings. The summed E-state index contributed by atoms with van der Waals surface area (Å²) >= 11 is 3.33. The van der Waals surface area contributed by atoms with Gasteiger partial charge in [0.05, 0.1) is 0 Å². The van der Waals surface area contributed by atoms with Crippen molar-refractivity contribution in [3.8, 4) is 0 Å². The maximum atomic E-state index is 12.9. The van der Waals surface area contributed by atoms with Gasteiger partial charge in [0, 0.05) is 10.5 Å². The van der Waals surface area contributed by atoms with Crippen molar-refractivity contribution >= 4 is 28.0 Å². The van der Waals surface area contributed by atoms with Gasteiger partial charge in [0.1, 0.15) is 12.4 Å². The van der Waals surface area contributed by atoms with Gasteiger partial charge < -0.3 is 4.74 Å². The maximum absolute atomic E-state index is 12.9. The zero-order chi connectivity index (χ0) is 14.4. The fourth-order valence-corrected chi connectivity index (χ4v) is 1.82. The first-order valence-corrected chi connectivity index (χ1v) is 6.77. The Kier molecular flexibility index (Phi) is 5.07. The predicted octanol–water partition coefficient (Wildman–Crippen LogP) is 4.34. The van der Waals surface area contributed by atoms with E-state index < -0.39 is 5.97 Å². The third kappa shape index (κ3) is 4.63. The number of carbonyl (C=O) groups excluding carboxylic acids is 1.